The molecule has 126 valence electrons. The lowest BCUT2D eigenvalue weighted by Crippen LogP contribution is -2.40. The van der Waals surface area contributed by atoms with Crippen molar-refractivity contribution in [1.82, 2.24) is 15.1 Å². The van der Waals surface area contributed by atoms with Crippen LogP contribution in [0.2, 0.25) is 0 Å². The number of aliphatic imine (C=N–C) groups is 1. The summed E-state index contributed by atoms with van der Waals surface area (Å²) >= 11 is 0. The zero-order valence-corrected chi connectivity index (χ0v) is 16.9. The number of halogens is 1. The van der Waals surface area contributed by atoms with Gasteiger partial charge in [0, 0.05) is 26.2 Å². The van der Waals surface area contributed by atoms with Gasteiger partial charge in [-0.05, 0) is 58.7 Å². The largest absolute Gasteiger partial charge is 0.357 e. The first-order valence-electron chi connectivity index (χ1n) is 8.20. The molecule has 1 N–H and O–H groups in total. The van der Waals surface area contributed by atoms with Crippen LogP contribution in [0.25, 0.3) is 0 Å². The van der Waals surface area contributed by atoms with Crippen LogP contribution in [-0.4, -0.2) is 62.6 Å². The SMILES string of the molecule is CCNC(=NCCCN(C)C)N1CCC(CC(C)C)C1.I. The van der Waals surface area contributed by atoms with Gasteiger partial charge in [0.05, 0.1) is 0 Å². The Balaban J connectivity index is 0.00000400. The van der Waals surface area contributed by atoms with Gasteiger partial charge < -0.3 is 15.1 Å². The van der Waals surface area contributed by atoms with Gasteiger partial charge in [-0.2, -0.15) is 0 Å². The maximum absolute atomic E-state index is 4.79. The van der Waals surface area contributed by atoms with E-state index in [9.17, 15) is 0 Å². The van der Waals surface area contributed by atoms with Gasteiger partial charge in [-0.15, -0.1) is 24.0 Å². The van der Waals surface area contributed by atoms with Crippen molar-refractivity contribution in [3.05, 3.63) is 0 Å². The van der Waals surface area contributed by atoms with Crippen LogP contribution in [0, 0.1) is 11.8 Å². The summed E-state index contributed by atoms with van der Waals surface area (Å²) in [5.74, 6) is 2.78. The Labute approximate surface area is 148 Å². The second-order valence-corrected chi connectivity index (χ2v) is 6.62. The third-order valence-corrected chi connectivity index (χ3v) is 3.75. The molecular formula is C16H35IN4. The van der Waals surface area contributed by atoms with Crippen LogP contribution in [0.4, 0.5) is 0 Å². The number of rotatable bonds is 7. The summed E-state index contributed by atoms with van der Waals surface area (Å²) in [6.45, 7) is 12.1. The predicted molar refractivity (Wildman–Crippen MR) is 104 cm³/mol. The van der Waals surface area contributed by atoms with Crippen LogP contribution in [0.15, 0.2) is 4.99 Å². The van der Waals surface area contributed by atoms with E-state index < -0.39 is 0 Å². The standard InChI is InChI=1S/C16H34N4.HI/c1-6-17-16(18-9-7-10-19(4)5)20-11-8-15(13-20)12-14(2)3;/h14-15H,6-13H2,1-5H3,(H,17,18);1H. The monoisotopic (exact) mass is 410 g/mol. The smallest absolute Gasteiger partial charge is 0.193 e. The van der Waals surface area contributed by atoms with E-state index >= 15 is 0 Å². The van der Waals surface area contributed by atoms with E-state index in [1.165, 1.54) is 19.4 Å². The van der Waals surface area contributed by atoms with Crippen molar-refractivity contribution < 1.29 is 0 Å². The van der Waals surface area contributed by atoms with E-state index in [2.05, 4.69) is 50.0 Å². The highest BCUT2D eigenvalue weighted by Crippen LogP contribution is 2.23. The molecule has 0 aromatic rings. The lowest BCUT2D eigenvalue weighted by Gasteiger charge is -2.22. The van der Waals surface area contributed by atoms with E-state index in [-0.39, 0.29) is 24.0 Å². The van der Waals surface area contributed by atoms with Crippen molar-refractivity contribution in [2.75, 3.05) is 46.8 Å². The quantitative estimate of drug-likeness (QED) is 0.303. The minimum absolute atomic E-state index is 0. The van der Waals surface area contributed by atoms with Crippen LogP contribution in [0.5, 0.6) is 0 Å². The second kappa shape index (κ2) is 11.5. The molecule has 1 unspecified atom stereocenters. The Morgan fingerprint density at radius 3 is 2.67 bits per heavy atom. The van der Waals surface area contributed by atoms with Crippen LogP contribution < -0.4 is 5.32 Å². The Kier molecular flexibility index (Phi) is 11.5. The normalized spacial score (nSPS) is 19.3. The van der Waals surface area contributed by atoms with Crippen molar-refractivity contribution in [3.8, 4) is 0 Å². The summed E-state index contributed by atoms with van der Waals surface area (Å²) in [6.07, 6.45) is 3.79. The number of guanidine groups is 1. The third kappa shape index (κ3) is 8.86. The van der Waals surface area contributed by atoms with E-state index in [1.54, 1.807) is 0 Å². The molecule has 1 heterocycles. The fourth-order valence-corrected chi connectivity index (χ4v) is 2.88. The summed E-state index contributed by atoms with van der Waals surface area (Å²) in [7, 11) is 4.23. The second-order valence-electron chi connectivity index (χ2n) is 6.62. The van der Waals surface area contributed by atoms with Crippen LogP contribution in [-0.2, 0) is 0 Å². The van der Waals surface area contributed by atoms with Gasteiger partial charge in [0.15, 0.2) is 5.96 Å². The predicted octanol–water partition coefficient (Wildman–Crippen LogP) is 2.89. The highest BCUT2D eigenvalue weighted by Gasteiger charge is 2.25. The summed E-state index contributed by atoms with van der Waals surface area (Å²) in [6, 6.07) is 0. The third-order valence-electron chi connectivity index (χ3n) is 3.75. The molecule has 1 rings (SSSR count). The molecule has 0 spiro atoms. The lowest BCUT2D eigenvalue weighted by molar-refractivity contribution is 0.397. The zero-order valence-electron chi connectivity index (χ0n) is 14.6. The van der Waals surface area contributed by atoms with Crippen LogP contribution >= 0.6 is 24.0 Å². The van der Waals surface area contributed by atoms with Gasteiger partial charge in [0.2, 0.25) is 0 Å². The van der Waals surface area contributed by atoms with Crippen molar-refractivity contribution >= 4 is 29.9 Å². The van der Waals surface area contributed by atoms with E-state index in [0.717, 1.165) is 50.4 Å². The molecule has 1 aliphatic heterocycles. The van der Waals surface area contributed by atoms with E-state index in [0.29, 0.717) is 0 Å². The highest BCUT2D eigenvalue weighted by molar-refractivity contribution is 14.0. The average Bonchev–Trinajstić information content (AvgIpc) is 2.80. The fraction of sp³-hybridized carbons (Fsp3) is 0.938. The maximum atomic E-state index is 4.79. The number of hydrogen-bond donors (Lipinski definition) is 1. The maximum Gasteiger partial charge on any atom is 0.193 e. The Bertz CT molecular complexity index is 292. The summed E-state index contributed by atoms with van der Waals surface area (Å²) < 4.78 is 0. The van der Waals surface area contributed by atoms with Gasteiger partial charge in [0.25, 0.3) is 0 Å². The molecular weight excluding hydrogens is 375 g/mol. The molecule has 1 saturated heterocycles. The first-order valence-corrected chi connectivity index (χ1v) is 8.20. The molecule has 0 aliphatic carbocycles. The highest BCUT2D eigenvalue weighted by atomic mass is 127. The molecule has 0 radical (unpaired) electrons. The molecule has 0 amide bonds. The number of nitrogens with zero attached hydrogens (tertiary/aromatic N) is 3. The zero-order chi connectivity index (χ0) is 15.0. The lowest BCUT2D eigenvalue weighted by atomic mass is 9.97. The van der Waals surface area contributed by atoms with Gasteiger partial charge >= 0.3 is 0 Å². The molecule has 0 aromatic carbocycles. The Morgan fingerprint density at radius 1 is 1.38 bits per heavy atom. The molecule has 0 bridgehead atoms. The fourth-order valence-electron chi connectivity index (χ4n) is 2.88. The molecule has 0 aromatic heterocycles. The number of nitrogens with one attached hydrogen (secondary N) is 1. The number of likely N-dealkylation sites (tertiary alicyclic amines) is 1. The molecule has 4 nitrogen and oxygen atoms in total. The first kappa shape index (κ1) is 21.0. The van der Waals surface area contributed by atoms with Crippen LogP contribution in [0.3, 0.4) is 0 Å². The number of hydrogen-bond acceptors (Lipinski definition) is 2. The first-order chi connectivity index (χ1) is 9.52. The molecule has 1 atom stereocenters. The van der Waals surface area contributed by atoms with Crippen LogP contribution in [0.1, 0.15) is 40.0 Å². The van der Waals surface area contributed by atoms with Crippen molar-refractivity contribution in [2.45, 2.75) is 40.0 Å². The van der Waals surface area contributed by atoms with E-state index in [1.807, 2.05) is 0 Å². The van der Waals surface area contributed by atoms with Gasteiger partial charge in [-0.25, -0.2) is 0 Å². The van der Waals surface area contributed by atoms with Crippen molar-refractivity contribution in [1.29, 1.82) is 0 Å². The van der Waals surface area contributed by atoms with Gasteiger partial charge in [-0.1, -0.05) is 13.8 Å². The van der Waals surface area contributed by atoms with Gasteiger partial charge in [-0.3, -0.25) is 4.99 Å². The minimum Gasteiger partial charge on any atom is -0.357 e. The Hall–Kier alpha value is -0.0400. The van der Waals surface area contributed by atoms with E-state index in [4.69, 9.17) is 4.99 Å². The van der Waals surface area contributed by atoms with Gasteiger partial charge in [0.1, 0.15) is 0 Å². The molecule has 1 fully saturated rings. The molecule has 1 aliphatic rings. The molecule has 21 heavy (non-hydrogen) atoms. The summed E-state index contributed by atoms with van der Waals surface area (Å²) in [4.78, 5) is 9.46. The van der Waals surface area contributed by atoms with Crippen molar-refractivity contribution in [3.63, 3.8) is 0 Å². The summed E-state index contributed by atoms with van der Waals surface area (Å²) in [5, 5.41) is 3.45. The molecule has 0 saturated carbocycles. The molecule has 5 heteroatoms. The Morgan fingerprint density at radius 2 is 2.10 bits per heavy atom. The minimum atomic E-state index is 0. The summed E-state index contributed by atoms with van der Waals surface area (Å²) in [5.41, 5.74) is 0. The topological polar surface area (TPSA) is 30.9 Å². The van der Waals surface area contributed by atoms with Crippen molar-refractivity contribution in [2.24, 2.45) is 16.8 Å². The average molecular weight is 410 g/mol.